The maximum atomic E-state index is 13.2. The van der Waals surface area contributed by atoms with E-state index in [2.05, 4.69) is 10.3 Å². The summed E-state index contributed by atoms with van der Waals surface area (Å²) in [5.74, 6) is -0.296. The average molecular weight is 395 g/mol. The number of anilines is 2. The van der Waals surface area contributed by atoms with E-state index in [1.54, 1.807) is 12.1 Å². The molecule has 3 aromatic rings. The minimum absolute atomic E-state index is 0.296. The number of hydrogen-bond acceptors (Lipinski definition) is 4. The van der Waals surface area contributed by atoms with Crippen LogP contribution in [0.4, 0.5) is 15.8 Å². The molecule has 0 radical (unpaired) electrons. The van der Waals surface area contributed by atoms with Crippen LogP contribution in [0.25, 0.3) is 11.1 Å². The third-order valence-electron chi connectivity index (χ3n) is 5.08. The Hall–Kier alpha value is -2.57. The molecule has 4 nitrogen and oxygen atoms in total. The van der Waals surface area contributed by atoms with Gasteiger partial charge >= 0.3 is 0 Å². The number of rotatable bonds is 5. The Morgan fingerprint density at radius 2 is 1.68 bits per heavy atom. The van der Waals surface area contributed by atoms with Gasteiger partial charge in [-0.2, -0.15) is 0 Å². The minimum Gasteiger partial charge on any atom is -0.772 e. The van der Waals surface area contributed by atoms with Crippen molar-refractivity contribution in [2.45, 2.75) is 31.4 Å². The van der Waals surface area contributed by atoms with Gasteiger partial charge in [-0.15, -0.1) is 0 Å². The molecule has 0 bridgehead atoms. The summed E-state index contributed by atoms with van der Waals surface area (Å²) in [5.41, 5.74) is 6.02. The molecule has 1 N–H and O–H groups in total. The molecule has 4 rings (SSSR count). The van der Waals surface area contributed by atoms with Crippen molar-refractivity contribution in [1.29, 1.82) is 0 Å². The van der Waals surface area contributed by atoms with Crippen molar-refractivity contribution in [2.75, 3.05) is 5.32 Å². The Morgan fingerprint density at radius 1 is 1.04 bits per heavy atom. The number of nitrogens with zero attached hydrogens (tertiary/aromatic N) is 1. The molecule has 1 aromatic heterocycles. The summed E-state index contributed by atoms with van der Waals surface area (Å²) in [7, 11) is 0. The van der Waals surface area contributed by atoms with Gasteiger partial charge in [-0.3, -0.25) is 9.19 Å². The second-order valence-electron chi connectivity index (χ2n) is 7.26. The van der Waals surface area contributed by atoms with Crippen LogP contribution in [0.3, 0.4) is 0 Å². The highest BCUT2D eigenvalue weighted by Gasteiger charge is 2.46. The van der Waals surface area contributed by atoms with E-state index in [-0.39, 0.29) is 5.82 Å². The molecule has 2 aromatic carbocycles. The smallest absolute Gasteiger partial charge is 0.123 e. The van der Waals surface area contributed by atoms with E-state index in [9.17, 15) is 13.2 Å². The summed E-state index contributed by atoms with van der Waals surface area (Å²) < 4.78 is 36.0. The molecular formula is C22H20FN2O2S-. The SMILES string of the molecule is Cc1cc(-c2cc(C3(S(=O)[O-])CC3)ccc2Nc2ccc(F)cc2)cc(C)n1. The summed E-state index contributed by atoms with van der Waals surface area (Å²) in [6, 6.07) is 15.8. The number of pyridine rings is 1. The van der Waals surface area contributed by atoms with Crippen LogP contribution in [-0.2, 0) is 15.8 Å². The fraction of sp³-hybridized carbons (Fsp3) is 0.227. The van der Waals surface area contributed by atoms with Crippen LogP contribution >= 0.6 is 0 Å². The molecule has 144 valence electrons. The van der Waals surface area contributed by atoms with E-state index in [0.717, 1.165) is 39.5 Å². The largest absolute Gasteiger partial charge is 0.772 e. The predicted molar refractivity (Wildman–Crippen MR) is 109 cm³/mol. The molecule has 0 spiro atoms. The Morgan fingerprint density at radius 3 is 2.25 bits per heavy atom. The Labute approximate surface area is 166 Å². The molecule has 1 atom stereocenters. The zero-order valence-corrected chi connectivity index (χ0v) is 16.5. The van der Waals surface area contributed by atoms with Gasteiger partial charge in [0.05, 0.1) is 4.75 Å². The Kier molecular flexibility index (Phi) is 4.77. The highest BCUT2D eigenvalue weighted by Crippen LogP contribution is 2.51. The number of halogens is 1. The van der Waals surface area contributed by atoms with Crippen LogP contribution in [0.5, 0.6) is 0 Å². The number of aromatic nitrogens is 1. The van der Waals surface area contributed by atoms with E-state index in [1.165, 1.54) is 12.1 Å². The zero-order chi connectivity index (χ0) is 19.9. The van der Waals surface area contributed by atoms with Crippen molar-refractivity contribution in [3.8, 4) is 11.1 Å². The lowest BCUT2D eigenvalue weighted by atomic mass is 9.98. The van der Waals surface area contributed by atoms with Crippen LogP contribution < -0.4 is 5.32 Å². The number of hydrogen-bond donors (Lipinski definition) is 1. The third-order valence-corrected chi connectivity index (χ3v) is 6.37. The maximum absolute atomic E-state index is 13.2. The molecule has 1 aliphatic rings. The average Bonchev–Trinajstić information content (AvgIpc) is 3.45. The lowest BCUT2D eigenvalue weighted by Gasteiger charge is -2.22. The van der Waals surface area contributed by atoms with E-state index < -0.39 is 15.8 Å². The molecule has 1 heterocycles. The van der Waals surface area contributed by atoms with Crippen molar-refractivity contribution in [3.63, 3.8) is 0 Å². The van der Waals surface area contributed by atoms with Gasteiger partial charge in [0.25, 0.3) is 0 Å². The summed E-state index contributed by atoms with van der Waals surface area (Å²) in [6.07, 6.45) is 1.28. The number of aryl methyl sites for hydroxylation is 2. The fourth-order valence-electron chi connectivity index (χ4n) is 3.52. The molecule has 0 amide bonds. The predicted octanol–water partition coefficient (Wildman–Crippen LogP) is 5.12. The first kappa shape index (κ1) is 18.8. The van der Waals surface area contributed by atoms with Crippen LogP contribution in [0.15, 0.2) is 54.6 Å². The van der Waals surface area contributed by atoms with E-state index in [1.807, 2.05) is 44.2 Å². The molecule has 1 fully saturated rings. The zero-order valence-electron chi connectivity index (χ0n) is 15.7. The van der Waals surface area contributed by atoms with Gasteiger partial charge in [-0.05, 0) is 97.4 Å². The number of benzene rings is 2. The van der Waals surface area contributed by atoms with Crippen LogP contribution in [-0.4, -0.2) is 13.7 Å². The lowest BCUT2D eigenvalue weighted by Crippen LogP contribution is -2.14. The van der Waals surface area contributed by atoms with Crippen molar-refractivity contribution in [2.24, 2.45) is 0 Å². The van der Waals surface area contributed by atoms with E-state index in [0.29, 0.717) is 12.8 Å². The number of nitrogens with one attached hydrogen (secondary N) is 1. The van der Waals surface area contributed by atoms with Gasteiger partial charge in [0.15, 0.2) is 0 Å². The maximum Gasteiger partial charge on any atom is 0.123 e. The van der Waals surface area contributed by atoms with Crippen molar-refractivity contribution >= 4 is 22.5 Å². The normalized spacial score (nSPS) is 15.9. The van der Waals surface area contributed by atoms with Crippen LogP contribution in [0.1, 0.15) is 29.8 Å². The molecule has 0 saturated heterocycles. The first-order chi connectivity index (χ1) is 13.4. The van der Waals surface area contributed by atoms with E-state index in [4.69, 9.17) is 0 Å². The molecule has 1 unspecified atom stereocenters. The van der Waals surface area contributed by atoms with Gasteiger partial charge in [0.1, 0.15) is 5.82 Å². The van der Waals surface area contributed by atoms with Crippen LogP contribution in [0.2, 0.25) is 0 Å². The van der Waals surface area contributed by atoms with Crippen LogP contribution in [0, 0.1) is 19.7 Å². The van der Waals surface area contributed by atoms with Crippen molar-refractivity contribution < 1.29 is 13.2 Å². The monoisotopic (exact) mass is 395 g/mol. The van der Waals surface area contributed by atoms with Gasteiger partial charge in [-0.25, -0.2) is 4.39 Å². The second-order valence-corrected chi connectivity index (χ2v) is 8.51. The Balaban J connectivity index is 1.83. The fourth-order valence-corrected chi connectivity index (χ4v) is 4.27. The highest BCUT2D eigenvalue weighted by atomic mass is 32.2. The molecule has 1 aliphatic carbocycles. The lowest BCUT2D eigenvalue weighted by molar-refractivity contribution is 0.521. The molecular weight excluding hydrogens is 375 g/mol. The summed E-state index contributed by atoms with van der Waals surface area (Å²) in [4.78, 5) is 4.43. The Bertz CT molecular complexity index is 1040. The molecule has 0 aliphatic heterocycles. The first-order valence-electron chi connectivity index (χ1n) is 9.09. The van der Waals surface area contributed by atoms with Gasteiger partial charge < -0.3 is 9.87 Å². The van der Waals surface area contributed by atoms with Crippen molar-refractivity contribution in [1.82, 2.24) is 4.98 Å². The summed E-state index contributed by atoms with van der Waals surface area (Å²) in [5, 5.41) is 3.32. The van der Waals surface area contributed by atoms with E-state index >= 15 is 0 Å². The quantitative estimate of drug-likeness (QED) is 0.609. The minimum atomic E-state index is -2.16. The summed E-state index contributed by atoms with van der Waals surface area (Å²) >= 11 is -2.16. The highest BCUT2D eigenvalue weighted by molar-refractivity contribution is 7.80. The van der Waals surface area contributed by atoms with Crippen molar-refractivity contribution in [3.05, 3.63) is 77.4 Å². The third kappa shape index (κ3) is 3.57. The van der Waals surface area contributed by atoms with Gasteiger partial charge in [0, 0.05) is 28.3 Å². The van der Waals surface area contributed by atoms with Gasteiger partial charge in [0.2, 0.25) is 0 Å². The summed E-state index contributed by atoms with van der Waals surface area (Å²) in [6.45, 7) is 3.87. The molecule has 28 heavy (non-hydrogen) atoms. The second kappa shape index (κ2) is 7.11. The van der Waals surface area contributed by atoms with Gasteiger partial charge in [-0.1, -0.05) is 6.07 Å². The molecule has 1 saturated carbocycles. The first-order valence-corrected chi connectivity index (χ1v) is 10.2. The topological polar surface area (TPSA) is 65.0 Å². The molecule has 6 heteroatoms. The standard InChI is InChI=1S/C22H21FN2O2S/c1-14-11-16(12-15(2)24-14)20-13-17(22(9-10-22)28(26)27)3-8-21(20)25-19-6-4-18(23)5-7-19/h3-8,11-13,25H,9-10H2,1-2H3,(H,26,27)/p-1.